The van der Waals surface area contributed by atoms with Gasteiger partial charge in [-0.1, -0.05) is 0 Å². The van der Waals surface area contributed by atoms with Gasteiger partial charge in [0.25, 0.3) is 0 Å². The summed E-state index contributed by atoms with van der Waals surface area (Å²) in [6, 6.07) is -0.685. The summed E-state index contributed by atoms with van der Waals surface area (Å²) in [7, 11) is 0. The minimum Gasteiger partial charge on any atom is -0.377 e. The molecule has 2 saturated heterocycles. The van der Waals surface area contributed by atoms with Gasteiger partial charge in [-0.3, -0.25) is 4.79 Å². The van der Waals surface area contributed by atoms with Crippen molar-refractivity contribution >= 4 is 11.9 Å². The number of amides is 3. The van der Waals surface area contributed by atoms with Crippen molar-refractivity contribution in [3.05, 3.63) is 0 Å². The van der Waals surface area contributed by atoms with Crippen molar-refractivity contribution in [2.45, 2.75) is 25.3 Å². The molecule has 0 aromatic carbocycles. The average molecular weight is 241 g/mol. The summed E-state index contributed by atoms with van der Waals surface area (Å²) >= 11 is 0. The second-order valence-electron chi connectivity index (χ2n) is 4.52. The first kappa shape index (κ1) is 12.2. The van der Waals surface area contributed by atoms with Crippen molar-refractivity contribution in [3.8, 4) is 0 Å². The largest absolute Gasteiger partial charge is 0.377 e. The van der Waals surface area contributed by atoms with Gasteiger partial charge in [0.05, 0.1) is 13.2 Å². The van der Waals surface area contributed by atoms with Crippen molar-refractivity contribution in [2.24, 2.45) is 5.73 Å². The highest BCUT2D eigenvalue weighted by Crippen LogP contribution is 2.15. The highest BCUT2D eigenvalue weighted by molar-refractivity contribution is 5.86. The first-order chi connectivity index (χ1) is 8.20. The van der Waals surface area contributed by atoms with Gasteiger partial charge in [0, 0.05) is 19.6 Å². The molecule has 3 amide bonds. The molecule has 2 heterocycles. The third-order valence-corrected chi connectivity index (χ3v) is 3.33. The number of morpholine rings is 1. The Hall–Kier alpha value is -1.30. The number of rotatable bonds is 1. The summed E-state index contributed by atoms with van der Waals surface area (Å²) in [6.07, 6.45) is 3.25. The number of nitrogens with zero attached hydrogens (tertiary/aromatic N) is 2. The molecule has 2 aliphatic rings. The molecule has 2 aliphatic heterocycles. The number of urea groups is 1. The van der Waals surface area contributed by atoms with E-state index in [0.717, 1.165) is 25.9 Å². The number of carbonyl (C=O) groups excluding carboxylic acids is 2. The van der Waals surface area contributed by atoms with Gasteiger partial charge in [-0.2, -0.15) is 0 Å². The number of hydrogen-bond donors (Lipinski definition) is 1. The molecule has 0 radical (unpaired) electrons. The van der Waals surface area contributed by atoms with Crippen LogP contribution in [0.15, 0.2) is 0 Å². The van der Waals surface area contributed by atoms with Gasteiger partial charge in [-0.05, 0) is 19.3 Å². The Bertz CT molecular complexity index is 302. The maximum Gasteiger partial charge on any atom is 0.320 e. The maximum atomic E-state index is 12.3. The maximum absolute atomic E-state index is 12.3. The molecule has 2 fully saturated rings. The molecule has 6 heteroatoms. The lowest BCUT2D eigenvalue weighted by molar-refractivity contribution is -0.127. The van der Waals surface area contributed by atoms with E-state index in [9.17, 15) is 9.59 Å². The molecule has 0 bridgehead atoms. The van der Waals surface area contributed by atoms with Crippen LogP contribution in [0.3, 0.4) is 0 Å². The van der Waals surface area contributed by atoms with Crippen LogP contribution in [-0.4, -0.2) is 60.6 Å². The van der Waals surface area contributed by atoms with Crippen molar-refractivity contribution in [1.29, 1.82) is 0 Å². The molecule has 0 aromatic heterocycles. The van der Waals surface area contributed by atoms with E-state index in [2.05, 4.69) is 0 Å². The third kappa shape index (κ3) is 2.69. The van der Waals surface area contributed by atoms with E-state index in [4.69, 9.17) is 10.5 Å². The van der Waals surface area contributed by atoms with Crippen LogP contribution < -0.4 is 5.73 Å². The molecule has 1 unspecified atom stereocenters. The summed E-state index contributed by atoms with van der Waals surface area (Å²) in [5.41, 5.74) is 5.29. The second-order valence-corrected chi connectivity index (χ2v) is 4.52. The zero-order valence-electron chi connectivity index (χ0n) is 9.93. The molecular formula is C11H19N3O3. The minimum absolute atomic E-state index is 0.0724. The smallest absolute Gasteiger partial charge is 0.320 e. The van der Waals surface area contributed by atoms with Crippen molar-refractivity contribution in [3.63, 3.8) is 0 Å². The molecular weight excluding hydrogens is 222 g/mol. The van der Waals surface area contributed by atoms with Crippen LogP contribution in [0.4, 0.5) is 4.79 Å². The van der Waals surface area contributed by atoms with Gasteiger partial charge >= 0.3 is 6.03 Å². The number of primary amides is 1. The Labute approximate surface area is 101 Å². The van der Waals surface area contributed by atoms with Crippen LogP contribution >= 0.6 is 0 Å². The van der Waals surface area contributed by atoms with Gasteiger partial charge in [0.2, 0.25) is 5.91 Å². The van der Waals surface area contributed by atoms with Gasteiger partial charge in [0.15, 0.2) is 0 Å². The van der Waals surface area contributed by atoms with Crippen LogP contribution in [0.25, 0.3) is 0 Å². The van der Waals surface area contributed by atoms with Crippen LogP contribution in [0, 0.1) is 0 Å². The highest BCUT2D eigenvalue weighted by Gasteiger charge is 2.34. The Morgan fingerprint density at radius 1 is 1.12 bits per heavy atom. The first-order valence-electron chi connectivity index (χ1n) is 6.13. The second kappa shape index (κ2) is 5.35. The Morgan fingerprint density at radius 2 is 1.82 bits per heavy atom. The van der Waals surface area contributed by atoms with Gasteiger partial charge in [-0.15, -0.1) is 0 Å². The number of hydrogen-bond acceptors (Lipinski definition) is 3. The van der Waals surface area contributed by atoms with E-state index < -0.39 is 11.9 Å². The SMILES string of the molecule is NC(=O)C1COCCN1C(=O)N1CCCCC1. The standard InChI is InChI=1S/C11H19N3O3/c12-10(15)9-8-17-7-6-14(9)11(16)13-4-2-1-3-5-13/h9H,1-8H2,(H2,12,15). The van der Waals surface area contributed by atoms with Crippen molar-refractivity contribution in [2.75, 3.05) is 32.8 Å². The van der Waals surface area contributed by atoms with Gasteiger partial charge in [-0.25, -0.2) is 4.79 Å². The lowest BCUT2D eigenvalue weighted by Gasteiger charge is -2.38. The van der Waals surface area contributed by atoms with E-state index >= 15 is 0 Å². The van der Waals surface area contributed by atoms with Crippen molar-refractivity contribution < 1.29 is 14.3 Å². The topological polar surface area (TPSA) is 75.9 Å². The molecule has 2 rings (SSSR count). The predicted molar refractivity (Wildman–Crippen MR) is 61.3 cm³/mol. The van der Waals surface area contributed by atoms with E-state index in [1.807, 2.05) is 4.90 Å². The van der Waals surface area contributed by atoms with E-state index in [1.165, 1.54) is 6.42 Å². The van der Waals surface area contributed by atoms with Gasteiger partial charge < -0.3 is 20.3 Å². The van der Waals surface area contributed by atoms with E-state index in [-0.39, 0.29) is 12.6 Å². The molecule has 0 saturated carbocycles. The zero-order chi connectivity index (χ0) is 12.3. The monoisotopic (exact) mass is 241 g/mol. The summed E-state index contributed by atoms with van der Waals surface area (Å²) in [5.74, 6) is -0.491. The number of likely N-dealkylation sites (tertiary alicyclic amines) is 1. The predicted octanol–water partition coefficient (Wildman–Crippen LogP) is -0.222. The van der Waals surface area contributed by atoms with Crippen molar-refractivity contribution in [1.82, 2.24) is 9.80 Å². The number of ether oxygens (including phenoxy) is 1. The van der Waals surface area contributed by atoms with E-state index in [0.29, 0.717) is 13.2 Å². The molecule has 2 N–H and O–H groups in total. The quantitative estimate of drug-likeness (QED) is 0.689. The fraction of sp³-hybridized carbons (Fsp3) is 0.818. The summed E-state index contributed by atoms with van der Waals surface area (Å²) in [6.45, 7) is 2.70. The lowest BCUT2D eigenvalue weighted by Crippen LogP contribution is -2.58. The third-order valence-electron chi connectivity index (χ3n) is 3.33. The Balaban J connectivity index is 2.02. The fourth-order valence-corrected chi connectivity index (χ4v) is 2.34. The zero-order valence-corrected chi connectivity index (χ0v) is 9.93. The normalized spacial score (nSPS) is 25.8. The average Bonchev–Trinajstić information content (AvgIpc) is 2.39. The summed E-state index contributed by atoms with van der Waals surface area (Å²) < 4.78 is 5.20. The Kier molecular flexibility index (Phi) is 3.83. The molecule has 0 aliphatic carbocycles. The van der Waals surface area contributed by atoms with Crippen LogP contribution in [0.5, 0.6) is 0 Å². The molecule has 6 nitrogen and oxygen atoms in total. The molecule has 0 aromatic rings. The molecule has 0 spiro atoms. The minimum atomic E-state index is -0.613. The highest BCUT2D eigenvalue weighted by atomic mass is 16.5. The lowest BCUT2D eigenvalue weighted by atomic mass is 10.1. The fourth-order valence-electron chi connectivity index (χ4n) is 2.34. The van der Waals surface area contributed by atoms with Crippen LogP contribution in [0.1, 0.15) is 19.3 Å². The molecule has 17 heavy (non-hydrogen) atoms. The summed E-state index contributed by atoms with van der Waals surface area (Å²) in [5, 5.41) is 0. The number of carbonyl (C=O) groups is 2. The Morgan fingerprint density at radius 3 is 2.47 bits per heavy atom. The van der Waals surface area contributed by atoms with E-state index in [1.54, 1.807) is 4.90 Å². The molecule has 96 valence electrons. The number of nitrogens with two attached hydrogens (primary N) is 1. The number of piperidine rings is 1. The molecule has 1 atom stereocenters. The van der Waals surface area contributed by atoms with Crippen LogP contribution in [-0.2, 0) is 9.53 Å². The first-order valence-corrected chi connectivity index (χ1v) is 6.13. The van der Waals surface area contributed by atoms with Gasteiger partial charge in [0.1, 0.15) is 6.04 Å². The summed E-state index contributed by atoms with van der Waals surface area (Å²) in [4.78, 5) is 26.9. The van der Waals surface area contributed by atoms with Crippen LogP contribution in [0.2, 0.25) is 0 Å².